The van der Waals surface area contributed by atoms with Crippen LogP contribution in [0.3, 0.4) is 0 Å². The lowest BCUT2D eigenvalue weighted by atomic mass is 10.0. The molecular weight excluding hydrogens is 238 g/mol. The molecule has 2 N–H and O–H groups in total. The molecule has 0 aromatic carbocycles. The maximum atomic E-state index is 9.94. The molecule has 96 valence electrons. The van der Waals surface area contributed by atoms with Crippen LogP contribution in [-0.2, 0) is 6.42 Å². The summed E-state index contributed by atoms with van der Waals surface area (Å²) in [5.74, 6) is 0.723. The summed E-state index contributed by atoms with van der Waals surface area (Å²) in [6.45, 7) is 6.27. The van der Waals surface area contributed by atoms with Crippen LogP contribution in [-0.4, -0.2) is 27.2 Å². The van der Waals surface area contributed by atoms with Crippen molar-refractivity contribution in [1.82, 2.24) is 9.97 Å². The molecule has 0 aliphatic carbocycles. The zero-order chi connectivity index (χ0) is 12.9. The Morgan fingerprint density at radius 1 is 1.41 bits per heavy atom. The van der Waals surface area contributed by atoms with Gasteiger partial charge in [0.25, 0.3) is 0 Å². The molecule has 0 spiro atoms. The molecule has 4 nitrogen and oxygen atoms in total. The fourth-order valence-corrected chi connectivity index (χ4v) is 1.64. The van der Waals surface area contributed by atoms with Crippen molar-refractivity contribution in [3.05, 3.63) is 17.0 Å². The van der Waals surface area contributed by atoms with Gasteiger partial charge in [0.15, 0.2) is 0 Å². The summed E-state index contributed by atoms with van der Waals surface area (Å²) in [5.41, 5.74) is 0.185. The summed E-state index contributed by atoms with van der Waals surface area (Å²) in [4.78, 5) is 8.15. The number of anilines is 1. The number of halogens is 1. The summed E-state index contributed by atoms with van der Waals surface area (Å²) in [7, 11) is 0. The van der Waals surface area contributed by atoms with Gasteiger partial charge in [0, 0.05) is 12.1 Å². The van der Waals surface area contributed by atoms with E-state index in [0.717, 1.165) is 24.2 Å². The molecule has 5 heteroatoms. The third-order valence-electron chi connectivity index (χ3n) is 2.79. The van der Waals surface area contributed by atoms with Crippen molar-refractivity contribution in [2.75, 3.05) is 11.9 Å². The molecule has 0 amide bonds. The fourth-order valence-electron chi connectivity index (χ4n) is 1.41. The summed E-state index contributed by atoms with van der Waals surface area (Å²) in [6, 6.07) is 0. The Labute approximate surface area is 107 Å². The van der Waals surface area contributed by atoms with Gasteiger partial charge in [-0.25, -0.2) is 9.97 Å². The highest BCUT2D eigenvalue weighted by atomic mass is 35.5. The van der Waals surface area contributed by atoms with Gasteiger partial charge in [-0.15, -0.1) is 0 Å². The highest BCUT2D eigenvalue weighted by Gasteiger charge is 2.18. The Morgan fingerprint density at radius 3 is 2.71 bits per heavy atom. The lowest BCUT2D eigenvalue weighted by Gasteiger charge is -2.22. The first-order valence-electron chi connectivity index (χ1n) is 5.95. The third-order valence-corrected chi connectivity index (χ3v) is 3.12. The van der Waals surface area contributed by atoms with Crippen LogP contribution in [0.5, 0.6) is 0 Å². The van der Waals surface area contributed by atoms with Crippen molar-refractivity contribution in [2.24, 2.45) is 0 Å². The molecule has 1 aromatic heterocycles. The standard InChI is InChI=1S/C12H20ClN3O/c1-4-6-9-10(13)15-8-16-11(9)14-7-12(3,17)5-2/h8,17H,4-7H2,1-3H3,(H,14,15,16). The maximum absolute atomic E-state index is 9.94. The van der Waals surface area contributed by atoms with Gasteiger partial charge in [-0.3, -0.25) is 0 Å². The second kappa shape index (κ2) is 6.17. The summed E-state index contributed by atoms with van der Waals surface area (Å²) < 4.78 is 0. The highest BCUT2D eigenvalue weighted by Crippen LogP contribution is 2.22. The van der Waals surface area contributed by atoms with E-state index in [-0.39, 0.29) is 0 Å². The van der Waals surface area contributed by atoms with E-state index in [0.29, 0.717) is 18.1 Å². The van der Waals surface area contributed by atoms with E-state index < -0.39 is 5.60 Å². The molecule has 0 aliphatic heterocycles. The van der Waals surface area contributed by atoms with Gasteiger partial charge < -0.3 is 10.4 Å². The van der Waals surface area contributed by atoms with Gasteiger partial charge in [-0.1, -0.05) is 31.9 Å². The monoisotopic (exact) mass is 257 g/mol. The second-order valence-corrected chi connectivity index (χ2v) is 4.80. The van der Waals surface area contributed by atoms with Crippen molar-refractivity contribution in [2.45, 2.75) is 45.6 Å². The molecule has 1 unspecified atom stereocenters. The molecule has 17 heavy (non-hydrogen) atoms. The SMILES string of the molecule is CCCc1c(Cl)ncnc1NCC(C)(O)CC. The van der Waals surface area contributed by atoms with Gasteiger partial charge in [0.05, 0.1) is 5.60 Å². The van der Waals surface area contributed by atoms with Gasteiger partial charge in [0.1, 0.15) is 17.3 Å². The number of aliphatic hydroxyl groups is 1. The number of hydrogen-bond donors (Lipinski definition) is 2. The van der Waals surface area contributed by atoms with E-state index >= 15 is 0 Å². The Morgan fingerprint density at radius 2 is 2.12 bits per heavy atom. The topological polar surface area (TPSA) is 58.0 Å². The van der Waals surface area contributed by atoms with E-state index in [9.17, 15) is 5.11 Å². The quantitative estimate of drug-likeness (QED) is 0.770. The van der Waals surface area contributed by atoms with Gasteiger partial charge in [0.2, 0.25) is 0 Å². The molecule has 1 heterocycles. The van der Waals surface area contributed by atoms with Crippen LogP contribution >= 0.6 is 11.6 Å². The Balaban J connectivity index is 2.80. The van der Waals surface area contributed by atoms with Crippen molar-refractivity contribution in [3.63, 3.8) is 0 Å². The largest absolute Gasteiger partial charge is 0.388 e. The molecule has 0 bridgehead atoms. The molecule has 0 radical (unpaired) electrons. The number of hydrogen-bond acceptors (Lipinski definition) is 4. The average Bonchev–Trinajstić information content (AvgIpc) is 2.30. The fraction of sp³-hybridized carbons (Fsp3) is 0.667. The average molecular weight is 258 g/mol. The van der Waals surface area contributed by atoms with Gasteiger partial charge in [-0.2, -0.15) is 0 Å². The lowest BCUT2D eigenvalue weighted by molar-refractivity contribution is 0.0696. The third kappa shape index (κ3) is 4.13. The molecule has 1 rings (SSSR count). The second-order valence-electron chi connectivity index (χ2n) is 4.45. The Hall–Kier alpha value is -0.870. The molecular formula is C12H20ClN3O. The molecule has 0 saturated carbocycles. The predicted octanol–water partition coefficient (Wildman–Crippen LogP) is 2.66. The predicted molar refractivity (Wildman–Crippen MR) is 70.4 cm³/mol. The van der Waals surface area contributed by atoms with Crippen LogP contribution in [0, 0.1) is 0 Å². The number of aromatic nitrogens is 2. The first-order valence-corrected chi connectivity index (χ1v) is 6.33. The van der Waals surface area contributed by atoms with E-state index in [4.69, 9.17) is 11.6 Å². The molecule has 0 aliphatic rings. The van der Waals surface area contributed by atoms with Crippen molar-refractivity contribution in [1.29, 1.82) is 0 Å². The van der Waals surface area contributed by atoms with Crippen LogP contribution in [0.25, 0.3) is 0 Å². The van der Waals surface area contributed by atoms with Gasteiger partial charge >= 0.3 is 0 Å². The minimum Gasteiger partial charge on any atom is -0.388 e. The van der Waals surface area contributed by atoms with E-state index in [2.05, 4.69) is 22.2 Å². The Bertz CT molecular complexity index is 369. The van der Waals surface area contributed by atoms with E-state index in [1.807, 2.05) is 6.92 Å². The minimum absolute atomic E-state index is 0.452. The van der Waals surface area contributed by atoms with Crippen molar-refractivity contribution < 1.29 is 5.11 Å². The summed E-state index contributed by atoms with van der Waals surface area (Å²) >= 11 is 6.04. The van der Waals surface area contributed by atoms with Crippen molar-refractivity contribution >= 4 is 17.4 Å². The van der Waals surface area contributed by atoms with E-state index in [1.54, 1.807) is 6.92 Å². The lowest BCUT2D eigenvalue weighted by Crippen LogP contribution is -2.33. The first kappa shape index (κ1) is 14.2. The maximum Gasteiger partial charge on any atom is 0.137 e. The first-order chi connectivity index (χ1) is 8.00. The highest BCUT2D eigenvalue weighted by molar-refractivity contribution is 6.30. The smallest absolute Gasteiger partial charge is 0.137 e. The molecule has 1 atom stereocenters. The number of nitrogens with zero attached hydrogens (tertiary/aromatic N) is 2. The zero-order valence-electron chi connectivity index (χ0n) is 10.6. The summed E-state index contributed by atoms with van der Waals surface area (Å²) in [6.07, 6.45) is 3.93. The number of nitrogens with one attached hydrogen (secondary N) is 1. The summed E-state index contributed by atoms with van der Waals surface area (Å²) in [5, 5.41) is 13.6. The number of rotatable bonds is 6. The van der Waals surface area contributed by atoms with Crippen LogP contribution in [0.15, 0.2) is 6.33 Å². The van der Waals surface area contributed by atoms with Gasteiger partial charge in [-0.05, 0) is 19.8 Å². The minimum atomic E-state index is -0.735. The zero-order valence-corrected chi connectivity index (χ0v) is 11.4. The van der Waals surface area contributed by atoms with Crippen LogP contribution in [0.2, 0.25) is 5.15 Å². The van der Waals surface area contributed by atoms with Crippen LogP contribution in [0.4, 0.5) is 5.82 Å². The Kier molecular flexibility index (Phi) is 5.15. The molecule has 0 fully saturated rings. The van der Waals surface area contributed by atoms with Crippen LogP contribution in [0.1, 0.15) is 39.2 Å². The van der Waals surface area contributed by atoms with Crippen molar-refractivity contribution in [3.8, 4) is 0 Å². The van der Waals surface area contributed by atoms with Crippen LogP contribution < -0.4 is 5.32 Å². The molecule has 1 aromatic rings. The molecule has 0 saturated heterocycles. The normalized spacial score (nSPS) is 14.4. The van der Waals surface area contributed by atoms with E-state index in [1.165, 1.54) is 6.33 Å².